The number of morpholine rings is 1. The van der Waals surface area contributed by atoms with Crippen molar-refractivity contribution in [2.24, 2.45) is 10.9 Å². The average Bonchev–Trinajstić information content (AvgIpc) is 3.27. The number of halogens is 1. The van der Waals surface area contributed by atoms with Gasteiger partial charge in [0.2, 0.25) is 5.91 Å². The van der Waals surface area contributed by atoms with E-state index in [0.717, 1.165) is 83.3 Å². The molecule has 1 N–H and O–H groups in total. The molecule has 0 aliphatic carbocycles. The Morgan fingerprint density at radius 2 is 1.90 bits per heavy atom. The van der Waals surface area contributed by atoms with Crippen LogP contribution in [0.1, 0.15) is 30.9 Å². The molecule has 0 saturated carbocycles. The maximum Gasteiger partial charge on any atom is 0.225 e. The lowest BCUT2D eigenvalue weighted by Gasteiger charge is -2.36. The minimum absolute atomic E-state index is 0. The van der Waals surface area contributed by atoms with E-state index in [-0.39, 0.29) is 29.9 Å². The van der Waals surface area contributed by atoms with Crippen LogP contribution >= 0.6 is 24.0 Å². The number of ether oxygens (including phenoxy) is 2. The van der Waals surface area contributed by atoms with Gasteiger partial charge in [-0.1, -0.05) is 12.1 Å². The zero-order valence-corrected chi connectivity index (χ0v) is 20.8. The molecule has 2 saturated heterocycles. The second-order valence-corrected chi connectivity index (χ2v) is 8.23. The van der Waals surface area contributed by atoms with E-state index in [1.807, 2.05) is 4.90 Å². The van der Waals surface area contributed by atoms with Crippen LogP contribution in [0.3, 0.4) is 0 Å². The standard InChI is InChI=1S/C23H34N4O3.HI/c1-2-24-23(25-9-5-18-3-4-21-20(17-18)8-14-30-21)27-10-6-19(7-11-27)22(28)26-12-15-29-16-13-26;/h3-4,17,19H,2,5-16H2,1H3,(H,24,25);1H. The van der Waals surface area contributed by atoms with E-state index in [1.54, 1.807) is 0 Å². The molecule has 0 aromatic heterocycles. The van der Waals surface area contributed by atoms with E-state index in [4.69, 9.17) is 14.5 Å². The van der Waals surface area contributed by atoms with Crippen molar-refractivity contribution in [1.29, 1.82) is 0 Å². The Kier molecular flexibility index (Phi) is 9.25. The molecule has 8 heteroatoms. The van der Waals surface area contributed by atoms with Crippen LogP contribution in [-0.2, 0) is 22.4 Å². The normalized spacial score (nSPS) is 19.5. The van der Waals surface area contributed by atoms with Crippen LogP contribution in [0, 0.1) is 5.92 Å². The SMILES string of the molecule is CCNC(=NCCc1ccc2c(c1)CCO2)N1CCC(C(=O)N2CCOCC2)CC1.I. The molecular weight excluding hydrogens is 507 g/mol. The molecular formula is C23H35IN4O3. The van der Waals surface area contributed by atoms with Crippen molar-refractivity contribution < 1.29 is 14.3 Å². The fourth-order valence-corrected chi connectivity index (χ4v) is 4.49. The first-order chi connectivity index (χ1) is 14.7. The number of amides is 1. The van der Waals surface area contributed by atoms with E-state index in [1.165, 1.54) is 11.1 Å². The topological polar surface area (TPSA) is 66.4 Å². The van der Waals surface area contributed by atoms with Crippen LogP contribution < -0.4 is 10.1 Å². The Balaban J connectivity index is 0.00000272. The van der Waals surface area contributed by atoms with Gasteiger partial charge in [-0.05, 0) is 43.4 Å². The number of piperidine rings is 1. The minimum atomic E-state index is 0. The summed E-state index contributed by atoms with van der Waals surface area (Å²) < 4.78 is 11.0. The van der Waals surface area contributed by atoms with Gasteiger partial charge in [0, 0.05) is 51.6 Å². The van der Waals surface area contributed by atoms with Gasteiger partial charge in [0.1, 0.15) is 5.75 Å². The smallest absolute Gasteiger partial charge is 0.225 e. The van der Waals surface area contributed by atoms with Crippen molar-refractivity contribution in [1.82, 2.24) is 15.1 Å². The van der Waals surface area contributed by atoms with Crippen LogP contribution in [0.2, 0.25) is 0 Å². The number of likely N-dealkylation sites (tertiary alicyclic amines) is 1. The van der Waals surface area contributed by atoms with Crippen LogP contribution in [0.25, 0.3) is 0 Å². The van der Waals surface area contributed by atoms with Gasteiger partial charge < -0.3 is 24.6 Å². The average molecular weight is 542 g/mol. The molecule has 4 rings (SSSR count). The summed E-state index contributed by atoms with van der Waals surface area (Å²) in [6.45, 7) is 9.06. The summed E-state index contributed by atoms with van der Waals surface area (Å²) in [5.41, 5.74) is 2.63. The van der Waals surface area contributed by atoms with Crippen LogP contribution in [0.4, 0.5) is 0 Å². The fourth-order valence-electron chi connectivity index (χ4n) is 4.49. The Morgan fingerprint density at radius 1 is 1.13 bits per heavy atom. The number of rotatable bonds is 5. The first-order valence-electron chi connectivity index (χ1n) is 11.4. The fraction of sp³-hybridized carbons (Fsp3) is 0.652. The van der Waals surface area contributed by atoms with Gasteiger partial charge in [0.05, 0.1) is 19.8 Å². The Bertz CT molecular complexity index is 759. The van der Waals surface area contributed by atoms with Gasteiger partial charge in [-0.3, -0.25) is 9.79 Å². The highest BCUT2D eigenvalue weighted by Gasteiger charge is 2.30. The number of nitrogens with zero attached hydrogens (tertiary/aromatic N) is 3. The number of hydrogen-bond donors (Lipinski definition) is 1. The summed E-state index contributed by atoms with van der Waals surface area (Å²) in [7, 11) is 0. The first kappa shape index (κ1) is 24.1. The highest BCUT2D eigenvalue weighted by Crippen LogP contribution is 2.26. The molecule has 172 valence electrons. The molecule has 0 bridgehead atoms. The Labute approximate surface area is 202 Å². The summed E-state index contributed by atoms with van der Waals surface area (Å²) in [6.07, 6.45) is 3.72. The molecule has 3 aliphatic heterocycles. The number of nitrogens with one attached hydrogen (secondary N) is 1. The predicted molar refractivity (Wildman–Crippen MR) is 132 cm³/mol. The van der Waals surface area contributed by atoms with Crippen molar-refractivity contribution >= 4 is 35.8 Å². The number of guanidine groups is 1. The molecule has 1 aromatic carbocycles. The van der Waals surface area contributed by atoms with Gasteiger partial charge in [-0.25, -0.2) is 0 Å². The van der Waals surface area contributed by atoms with E-state index >= 15 is 0 Å². The van der Waals surface area contributed by atoms with Crippen molar-refractivity contribution in [2.45, 2.75) is 32.6 Å². The molecule has 0 atom stereocenters. The van der Waals surface area contributed by atoms with Gasteiger partial charge in [0.15, 0.2) is 5.96 Å². The van der Waals surface area contributed by atoms with E-state index in [9.17, 15) is 4.79 Å². The van der Waals surface area contributed by atoms with Crippen LogP contribution in [-0.4, -0.2) is 80.8 Å². The molecule has 3 heterocycles. The number of fused-ring (bicyclic) bond motifs is 1. The Hall–Kier alpha value is -1.55. The molecule has 0 spiro atoms. The largest absolute Gasteiger partial charge is 0.493 e. The van der Waals surface area contributed by atoms with Gasteiger partial charge in [-0.15, -0.1) is 24.0 Å². The lowest BCUT2D eigenvalue weighted by atomic mass is 9.95. The Morgan fingerprint density at radius 3 is 2.65 bits per heavy atom. The molecule has 0 radical (unpaired) electrons. The van der Waals surface area contributed by atoms with Crippen molar-refractivity contribution in [3.05, 3.63) is 29.3 Å². The summed E-state index contributed by atoms with van der Waals surface area (Å²) >= 11 is 0. The second kappa shape index (κ2) is 11.9. The monoisotopic (exact) mass is 542 g/mol. The zero-order chi connectivity index (χ0) is 20.8. The third kappa shape index (κ3) is 6.25. The molecule has 1 amide bonds. The third-order valence-electron chi connectivity index (χ3n) is 6.22. The lowest BCUT2D eigenvalue weighted by Crippen LogP contribution is -2.50. The van der Waals surface area contributed by atoms with Gasteiger partial charge in [0.25, 0.3) is 0 Å². The minimum Gasteiger partial charge on any atom is -0.493 e. The molecule has 1 aromatic rings. The summed E-state index contributed by atoms with van der Waals surface area (Å²) in [5, 5.41) is 3.43. The summed E-state index contributed by atoms with van der Waals surface area (Å²) in [5.74, 6) is 2.45. The van der Waals surface area contributed by atoms with E-state index in [0.29, 0.717) is 19.1 Å². The quantitative estimate of drug-likeness (QED) is 0.352. The van der Waals surface area contributed by atoms with Crippen LogP contribution in [0.15, 0.2) is 23.2 Å². The number of benzene rings is 1. The molecule has 3 aliphatic rings. The number of hydrogen-bond acceptors (Lipinski definition) is 4. The van der Waals surface area contributed by atoms with Gasteiger partial charge in [-0.2, -0.15) is 0 Å². The predicted octanol–water partition coefficient (Wildman–Crippen LogP) is 2.32. The van der Waals surface area contributed by atoms with Crippen molar-refractivity contribution in [2.75, 3.05) is 59.1 Å². The molecule has 31 heavy (non-hydrogen) atoms. The zero-order valence-electron chi connectivity index (χ0n) is 18.5. The van der Waals surface area contributed by atoms with Crippen molar-refractivity contribution in [3.8, 4) is 5.75 Å². The summed E-state index contributed by atoms with van der Waals surface area (Å²) in [4.78, 5) is 21.9. The maximum atomic E-state index is 12.8. The van der Waals surface area contributed by atoms with Crippen LogP contribution in [0.5, 0.6) is 5.75 Å². The number of aliphatic imine (C=N–C) groups is 1. The lowest BCUT2D eigenvalue weighted by molar-refractivity contribution is -0.140. The van der Waals surface area contributed by atoms with Crippen molar-refractivity contribution in [3.63, 3.8) is 0 Å². The van der Waals surface area contributed by atoms with E-state index < -0.39 is 0 Å². The van der Waals surface area contributed by atoms with Gasteiger partial charge >= 0.3 is 0 Å². The molecule has 2 fully saturated rings. The second-order valence-electron chi connectivity index (χ2n) is 8.23. The molecule has 0 unspecified atom stereocenters. The third-order valence-corrected chi connectivity index (χ3v) is 6.22. The number of carbonyl (C=O) groups is 1. The molecule has 7 nitrogen and oxygen atoms in total. The van der Waals surface area contributed by atoms with E-state index in [2.05, 4.69) is 35.3 Å². The first-order valence-corrected chi connectivity index (χ1v) is 11.4. The number of carbonyl (C=O) groups excluding carboxylic acids is 1. The highest BCUT2D eigenvalue weighted by molar-refractivity contribution is 14.0. The maximum absolute atomic E-state index is 12.8. The highest BCUT2D eigenvalue weighted by atomic mass is 127. The summed E-state index contributed by atoms with van der Waals surface area (Å²) in [6, 6.07) is 6.49.